The van der Waals surface area contributed by atoms with E-state index in [9.17, 15) is 4.79 Å². The van der Waals surface area contributed by atoms with Gasteiger partial charge in [-0.2, -0.15) is 0 Å². The van der Waals surface area contributed by atoms with Crippen molar-refractivity contribution < 1.29 is 4.79 Å². The molecule has 3 aromatic heterocycles. The van der Waals surface area contributed by atoms with Crippen molar-refractivity contribution >= 4 is 22.4 Å². The second-order valence-electron chi connectivity index (χ2n) is 6.32. The number of piperidine rings is 1. The minimum Gasteiger partial charge on any atom is -0.352 e. The summed E-state index contributed by atoms with van der Waals surface area (Å²) in [5.41, 5.74) is 1.01. The van der Waals surface area contributed by atoms with Gasteiger partial charge in [-0.3, -0.25) is 14.3 Å². The second kappa shape index (κ2) is 7.65. The number of anilines is 1. The zero-order chi connectivity index (χ0) is 17.8. The van der Waals surface area contributed by atoms with Crippen LogP contribution in [0.1, 0.15) is 18.4 Å². The molecule has 3 aromatic rings. The third kappa shape index (κ3) is 3.75. The van der Waals surface area contributed by atoms with Crippen LogP contribution in [0.4, 0.5) is 5.13 Å². The van der Waals surface area contributed by atoms with E-state index in [4.69, 9.17) is 0 Å². The molecule has 0 unspecified atom stereocenters. The Morgan fingerprint density at radius 1 is 1.23 bits per heavy atom. The number of carbonyl (C=O) groups is 1. The Bertz CT molecular complexity index is 848. The molecule has 26 heavy (non-hydrogen) atoms. The highest BCUT2D eigenvalue weighted by Crippen LogP contribution is 2.27. The van der Waals surface area contributed by atoms with Gasteiger partial charge in [0, 0.05) is 44.4 Å². The highest BCUT2D eigenvalue weighted by molar-refractivity contribution is 7.17. The van der Waals surface area contributed by atoms with Gasteiger partial charge in [0.05, 0.1) is 5.92 Å². The number of carbonyl (C=O) groups excluding carboxylic acids is 1. The number of rotatable bonds is 5. The van der Waals surface area contributed by atoms with Crippen LogP contribution >= 0.6 is 11.3 Å². The summed E-state index contributed by atoms with van der Waals surface area (Å²) in [6.45, 7) is 2.10. The molecule has 4 heterocycles. The minimum absolute atomic E-state index is 0.0284. The van der Waals surface area contributed by atoms with Crippen LogP contribution in [0.25, 0.3) is 5.13 Å². The largest absolute Gasteiger partial charge is 0.352 e. The molecule has 0 spiro atoms. The maximum Gasteiger partial charge on any atom is 0.225 e. The maximum absolute atomic E-state index is 12.5. The van der Waals surface area contributed by atoms with Crippen molar-refractivity contribution in [2.75, 3.05) is 18.0 Å². The number of nitrogens with one attached hydrogen (secondary N) is 1. The Balaban J connectivity index is 1.37. The van der Waals surface area contributed by atoms with Crippen molar-refractivity contribution in [2.45, 2.75) is 19.4 Å². The summed E-state index contributed by atoms with van der Waals surface area (Å²) in [6.07, 6.45) is 9.29. The lowest BCUT2D eigenvalue weighted by atomic mass is 9.97. The van der Waals surface area contributed by atoms with Crippen LogP contribution < -0.4 is 10.2 Å². The normalized spacial score (nSPS) is 17.2. The van der Waals surface area contributed by atoms with Crippen LogP contribution in [0.5, 0.6) is 0 Å². The van der Waals surface area contributed by atoms with Gasteiger partial charge in [-0.1, -0.05) is 17.4 Å². The number of aromatic nitrogens is 4. The number of hydrogen-bond acceptors (Lipinski definition) is 6. The zero-order valence-corrected chi connectivity index (χ0v) is 15.1. The van der Waals surface area contributed by atoms with Crippen molar-refractivity contribution in [1.82, 2.24) is 25.1 Å². The van der Waals surface area contributed by atoms with Gasteiger partial charge in [-0.05, 0) is 36.6 Å². The molecule has 0 saturated carbocycles. The first kappa shape index (κ1) is 16.7. The van der Waals surface area contributed by atoms with Crippen molar-refractivity contribution in [3.05, 3.63) is 54.6 Å². The fraction of sp³-hybridized carbons (Fsp3) is 0.333. The van der Waals surface area contributed by atoms with Gasteiger partial charge in [-0.15, -0.1) is 10.2 Å². The monoisotopic (exact) mass is 368 g/mol. The van der Waals surface area contributed by atoms with Gasteiger partial charge in [0.2, 0.25) is 16.2 Å². The molecule has 1 aliphatic rings. The van der Waals surface area contributed by atoms with Gasteiger partial charge in [0.15, 0.2) is 0 Å². The number of nitrogens with zero attached hydrogens (tertiary/aromatic N) is 5. The second-order valence-corrected chi connectivity index (χ2v) is 7.26. The number of amides is 1. The molecule has 0 aliphatic carbocycles. The number of pyridine rings is 1. The third-order valence-electron chi connectivity index (χ3n) is 4.48. The van der Waals surface area contributed by atoms with E-state index in [2.05, 4.69) is 25.4 Å². The average Bonchev–Trinajstić information content (AvgIpc) is 3.38. The molecule has 134 valence electrons. The summed E-state index contributed by atoms with van der Waals surface area (Å²) >= 11 is 1.55. The molecule has 1 aliphatic heterocycles. The van der Waals surface area contributed by atoms with E-state index in [1.165, 1.54) is 0 Å². The molecule has 1 amide bonds. The SMILES string of the molecule is O=C(NCc1cccnc1)[C@@H]1CCCN(c2nnc(-n3cccc3)s2)C1. The van der Waals surface area contributed by atoms with E-state index in [0.717, 1.165) is 35.2 Å². The van der Waals surface area contributed by atoms with Crippen LogP contribution in [-0.4, -0.2) is 38.7 Å². The van der Waals surface area contributed by atoms with E-state index >= 15 is 0 Å². The first-order valence-electron chi connectivity index (χ1n) is 8.68. The molecule has 8 heteroatoms. The summed E-state index contributed by atoms with van der Waals surface area (Å²) < 4.78 is 1.95. The molecule has 1 N–H and O–H groups in total. The summed E-state index contributed by atoms with van der Waals surface area (Å²) in [6, 6.07) is 7.77. The Labute approximate surface area is 155 Å². The predicted octanol–water partition coefficient (Wildman–Crippen LogP) is 2.26. The topological polar surface area (TPSA) is 75.9 Å². The summed E-state index contributed by atoms with van der Waals surface area (Å²) in [5, 5.41) is 13.3. The summed E-state index contributed by atoms with van der Waals surface area (Å²) in [5.74, 6) is 0.0630. The molecule has 1 saturated heterocycles. The molecule has 0 aromatic carbocycles. The molecule has 7 nitrogen and oxygen atoms in total. The highest BCUT2D eigenvalue weighted by atomic mass is 32.1. The van der Waals surface area contributed by atoms with Crippen LogP contribution in [0.2, 0.25) is 0 Å². The Hall–Kier alpha value is -2.74. The van der Waals surface area contributed by atoms with Crippen molar-refractivity contribution in [3.63, 3.8) is 0 Å². The van der Waals surface area contributed by atoms with Crippen LogP contribution in [-0.2, 0) is 11.3 Å². The van der Waals surface area contributed by atoms with E-state index in [1.807, 2.05) is 41.2 Å². The molecule has 4 rings (SSSR count). The summed E-state index contributed by atoms with van der Waals surface area (Å²) in [4.78, 5) is 18.8. The molecular formula is C18H20N6OS. The van der Waals surface area contributed by atoms with E-state index < -0.39 is 0 Å². The van der Waals surface area contributed by atoms with E-state index in [0.29, 0.717) is 13.1 Å². The van der Waals surface area contributed by atoms with Gasteiger partial charge in [-0.25, -0.2) is 0 Å². The first-order chi connectivity index (χ1) is 12.8. The highest BCUT2D eigenvalue weighted by Gasteiger charge is 2.27. The van der Waals surface area contributed by atoms with E-state index in [1.54, 1.807) is 23.7 Å². The average molecular weight is 368 g/mol. The molecule has 1 atom stereocenters. The fourth-order valence-electron chi connectivity index (χ4n) is 3.10. The van der Waals surface area contributed by atoms with Crippen molar-refractivity contribution in [2.24, 2.45) is 5.92 Å². The Kier molecular flexibility index (Phi) is 4.92. The number of hydrogen-bond donors (Lipinski definition) is 1. The standard InChI is InChI=1S/C18H20N6OS/c25-16(20-12-14-5-3-7-19-11-14)15-6-4-10-24(13-15)18-22-21-17(26-18)23-8-1-2-9-23/h1-3,5,7-9,11,15H,4,6,10,12-13H2,(H,20,25)/t15-/m1/s1. The van der Waals surface area contributed by atoms with Crippen molar-refractivity contribution in [3.8, 4) is 5.13 Å². The summed E-state index contributed by atoms with van der Waals surface area (Å²) in [7, 11) is 0. The van der Waals surface area contributed by atoms with Crippen LogP contribution in [0.3, 0.4) is 0 Å². The smallest absolute Gasteiger partial charge is 0.225 e. The third-order valence-corrected chi connectivity index (χ3v) is 5.48. The van der Waals surface area contributed by atoms with Crippen LogP contribution in [0, 0.1) is 5.92 Å². The molecule has 0 bridgehead atoms. The lowest BCUT2D eigenvalue weighted by molar-refractivity contribution is -0.125. The predicted molar refractivity (Wildman–Crippen MR) is 100 cm³/mol. The quantitative estimate of drug-likeness (QED) is 0.748. The zero-order valence-electron chi connectivity index (χ0n) is 14.3. The minimum atomic E-state index is -0.0284. The molecular weight excluding hydrogens is 348 g/mol. The van der Waals surface area contributed by atoms with Gasteiger partial charge < -0.3 is 10.2 Å². The Morgan fingerprint density at radius 3 is 2.88 bits per heavy atom. The molecule has 0 radical (unpaired) electrons. The van der Waals surface area contributed by atoms with Crippen molar-refractivity contribution in [1.29, 1.82) is 0 Å². The van der Waals surface area contributed by atoms with Crippen LogP contribution in [0.15, 0.2) is 49.1 Å². The lowest BCUT2D eigenvalue weighted by Crippen LogP contribution is -2.43. The fourth-order valence-corrected chi connectivity index (χ4v) is 3.95. The lowest BCUT2D eigenvalue weighted by Gasteiger charge is -2.31. The molecule has 1 fully saturated rings. The van der Waals surface area contributed by atoms with Gasteiger partial charge in [0.25, 0.3) is 0 Å². The maximum atomic E-state index is 12.5. The first-order valence-corrected chi connectivity index (χ1v) is 9.49. The van der Waals surface area contributed by atoms with E-state index in [-0.39, 0.29) is 11.8 Å². The Morgan fingerprint density at radius 2 is 2.08 bits per heavy atom. The van der Waals surface area contributed by atoms with Gasteiger partial charge >= 0.3 is 0 Å². The van der Waals surface area contributed by atoms with Gasteiger partial charge in [0.1, 0.15) is 0 Å².